The first-order valence-corrected chi connectivity index (χ1v) is 11.6. The van der Waals surface area contributed by atoms with E-state index in [1.165, 1.54) is 25.7 Å². The summed E-state index contributed by atoms with van der Waals surface area (Å²) in [5.74, 6) is 0.732. The predicted octanol–water partition coefficient (Wildman–Crippen LogP) is 5.13. The van der Waals surface area contributed by atoms with E-state index in [0.717, 1.165) is 24.3 Å². The molecule has 0 radical (unpaired) electrons. The van der Waals surface area contributed by atoms with Crippen LogP contribution in [-0.4, -0.2) is 38.8 Å². The van der Waals surface area contributed by atoms with Gasteiger partial charge in [-0.15, -0.1) is 0 Å². The van der Waals surface area contributed by atoms with E-state index in [9.17, 15) is 9.59 Å². The number of furan rings is 1. The molecule has 2 aromatic heterocycles. The molecule has 6 nitrogen and oxygen atoms in total. The van der Waals surface area contributed by atoms with Crippen molar-refractivity contribution >= 4 is 11.8 Å². The van der Waals surface area contributed by atoms with Crippen molar-refractivity contribution in [1.29, 1.82) is 0 Å². The van der Waals surface area contributed by atoms with E-state index in [2.05, 4.69) is 6.92 Å². The van der Waals surface area contributed by atoms with Gasteiger partial charge in [0.1, 0.15) is 12.3 Å². The lowest BCUT2D eigenvalue weighted by Crippen LogP contribution is -2.45. The Hall–Kier alpha value is -2.50. The highest BCUT2D eigenvalue weighted by Crippen LogP contribution is 2.14. The van der Waals surface area contributed by atoms with Crippen molar-refractivity contribution in [3.8, 4) is 0 Å². The van der Waals surface area contributed by atoms with Crippen LogP contribution in [0, 0.1) is 0 Å². The Balaban J connectivity index is 1.98. The molecule has 0 aliphatic carbocycles. The summed E-state index contributed by atoms with van der Waals surface area (Å²) in [4.78, 5) is 29.6. The van der Waals surface area contributed by atoms with Gasteiger partial charge < -0.3 is 18.8 Å². The van der Waals surface area contributed by atoms with E-state index < -0.39 is 0 Å². The fourth-order valence-electron chi connectivity index (χ4n) is 3.68. The zero-order valence-corrected chi connectivity index (χ0v) is 19.7. The lowest BCUT2D eigenvalue weighted by Gasteiger charge is -2.30. The molecular weight excluding hydrogens is 390 g/mol. The third kappa shape index (κ3) is 8.27. The van der Waals surface area contributed by atoms with E-state index in [1.54, 1.807) is 16.1 Å². The minimum atomic E-state index is -0.0670. The Morgan fingerprint density at radius 1 is 1.00 bits per heavy atom. The molecule has 2 rings (SSSR count). The van der Waals surface area contributed by atoms with Gasteiger partial charge in [0.2, 0.25) is 11.8 Å². The van der Waals surface area contributed by atoms with Crippen molar-refractivity contribution in [1.82, 2.24) is 14.4 Å². The minimum absolute atomic E-state index is 0.0166. The molecule has 2 amide bonds. The van der Waals surface area contributed by atoms with Gasteiger partial charge in [0.15, 0.2) is 0 Å². The first kappa shape index (κ1) is 24.8. The summed E-state index contributed by atoms with van der Waals surface area (Å²) in [5, 5.41) is 0. The number of hydrogen-bond donors (Lipinski definition) is 0. The second-order valence-corrected chi connectivity index (χ2v) is 8.57. The Morgan fingerprint density at radius 2 is 1.74 bits per heavy atom. The molecule has 2 aromatic rings. The maximum atomic E-state index is 13.3. The van der Waals surface area contributed by atoms with E-state index in [0.29, 0.717) is 19.5 Å². The van der Waals surface area contributed by atoms with Crippen molar-refractivity contribution in [2.45, 2.75) is 84.8 Å². The topological polar surface area (TPSA) is 58.7 Å². The van der Waals surface area contributed by atoms with Gasteiger partial charge in [0, 0.05) is 31.4 Å². The molecule has 0 atom stereocenters. The summed E-state index contributed by atoms with van der Waals surface area (Å²) >= 11 is 0. The molecule has 0 fully saturated rings. The normalized spacial score (nSPS) is 11.1. The minimum Gasteiger partial charge on any atom is -0.467 e. The molecule has 0 bridgehead atoms. The van der Waals surface area contributed by atoms with Gasteiger partial charge in [0.25, 0.3) is 0 Å². The van der Waals surface area contributed by atoms with E-state index in [1.807, 2.05) is 55.9 Å². The number of carbonyl (C=O) groups is 2. The molecule has 0 spiro atoms. The summed E-state index contributed by atoms with van der Waals surface area (Å²) in [7, 11) is 1.97. The fourth-order valence-corrected chi connectivity index (χ4v) is 3.68. The second-order valence-electron chi connectivity index (χ2n) is 8.57. The zero-order chi connectivity index (χ0) is 22.6. The zero-order valence-electron chi connectivity index (χ0n) is 19.7. The first-order chi connectivity index (χ1) is 14.9. The van der Waals surface area contributed by atoms with Crippen LogP contribution in [0.1, 0.15) is 77.2 Å². The number of unbranched alkanes of at least 4 members (excludes halogenated alkanes) is 5. The van der Waals surface area contributed by atoms with Crippen LogP contribution in [0.15, 0.2) is 41.1 Å². The van der Waals surface area contributed by atoms with E-state index in [-0.39, 0.29) is 24.4 Å². The molecule has 2 heterocycles. The lowest BCUT2D eigenvalue weighted by molar-refractivity contribution is -0.143. The first-order valence-electron chi connectivity index (χ1n) is 11.6. The molecule has 0 unspecified atom stereocenters. The number of rotatable bonds is 14. The highest BCUT2D eigenvalue weighted by molar-refractivity contribution is 5.85. The van der Waals surface area contributed by atoms with Crippen molar-refractivity contribution in [3.63, 3.8) is 0 Å². The van der Waals surface area contributed by atoms with E-state index in [4.69, 9.17) is 4.42 Å². The standard InChI is InChI=1S/C25H39N3O3/c1-5-6-7-8-9-10-15-24(29)28(21(2)3)20-25(30)27(19-23-14-12-17-31-23)18-22-13-11-16-26(22)4/h11-14,16-17,21H,5-10,15,18-20H2,1-4H3. The summed E-state index contributed by atoms with van der Waals surface area (Å²) in [6.45, 7) is 7.10. The van der Waals surface area contributed by atoms with Crippen LogP contribution < -0.4 is 0 Å². The third-order valence-corrected chi connectivity index (χ3v) is 5.68. The van der Waals surface area contributed by atoms with Crippen molar-refractivity contribution in [3.05, 3.63) is 48.2 Å². The Bertz CT molecular complexity index is 780. The highest BCUT2D eigenvalue weighted by atomic mass is 16.3. The molecule has 31 heavy (non-hydrogen) atoms. The average molecular weight is 430 g/mol. The largest absolute Gasteiger partial charge is 0.467 e. The number of hydrogen-bond acceptors (Lipinski definition) is 3. The monoisotopic (exact) mass is 429 g/mol. The third-order valence-electron chi connectivity index (χ3n) is 5.68. The molecule has 172 valence electrons. The predicted molar refractivity (Wildman–Crippen MR) is 123 cm³/mol. The molecule has 0 aliphatic rings. The van der Waals surface area contributed by atoms with Gasteiger partial charge in [0.05, 0.1) is 19.4 Å². The van der Waals surface area contributed by atoms with Crippen LogP contribution in [0.25, 0.3) is 0 Å². The summed E-state index contributed by atoms with van der Waals surface area (Å²) in [6, 6.07) is 7.65. The van der Waals surface area contributed by atoms with Gasteiger partial charge in [-0.1, -0.05) is 39.0 Å². The molecule has 0 saturated carbocycles. The number of aryl methyl sites for hydroxylation is 1. The van der Waals surface area contributed by atoms with Crippen molar-refractivity contribution in [2.24, 2.45) is 7.05 Å². The molecule has 6 heteroatoms. The highest BCUT2D eigenvalue weighted by Gasteiger charge is 2.24. The molecule has 0 aromatic carbocycles. The second kappa shape index (κ2) is 13.0. The van der Waals surface area contributed by atoms with Crippen LogP contribution in [0.3, 0.4) is 0 Å². The van der Waals surface area contributed by atoms with Crippen LogP contribution in [-0.2, 0) is 29.7 Å². The smallest absolute Gasteiger partial charge is 0.242 e. The molecule has 0 aliphatic heterocycles. The Kier molecular flexibility index (Phi) is 10.4. The number of amides is 2. The Morgan fingerprint density at radius 3 is 2.35 bits per heavy atom. The van der Waals surface area contributed by atoms with Gasteiger partial charge in [-0.05, 0) is 44.5 Å². The summed E-state index contributed by atoms with van der Waals surface area (Å²) < 4.78 is 7.48. The lowest BCUT2D eigenvalue weighted by atomic mass is 10.1. The number of nitrogens with zero attached hydrogens (tertiary/aromatic N) is 3. The molecule has 0 saturated heterocycles. The number of aromatic nitrogens is 1. The summed E-state index contributed by atoms with van der Waals surface area (Å²) in [6.07, 6.45) is 10.9. The molecule has 0 N–H and O–H groups in total. The maximum Gasteiger partial charge on any atom is 0.242 e. The van der Waals surface area contributed by atoms with Gasteiger partial charge in [-0.3, -0.25) is 9.59 Å². The van der Waals surface area contributed by atoms with Crippen molar-refractivity contribution in [2.75, 3.05) is 6.54 Å². The molecular formula is C25H39N3O3. The Labute approximate surface area is 187 Å². The van der Waals surface area contributed by atoms with Crippen molar-refractivity contribution < 1.29 is 14.0 Å². The maximum absolute atomic E-state index is 13.3. The van der Waals surface area contributed by atoms with Crippen LogP contribution in [0.2, 0.25) is 0 Å². The fraction of sp³-hybridized carbons (Fsp3) is 0.600. The van der Waals surface area contributed by atoms with Crippen LogP contribution >= 0.6 is 0 Å². The average Bonchev–Trinajstić information content (AvgIpc) is 3.39. The number of carbonyl (C=O) groups excluding carboxylic acids is 2. The quantitative estimate of drug-likeness (QED) is 0.391. The van der Waals surface area contributed by atoms with Crippen LogP contribution in [0.5, 0.6) is 0 Å². The summed E-state index contributed by atoms with van der Waals surface area (Å²) in [5.41, 5.74) is 1.04. The van der Waals surface area contributed by atoms with Gasteiger partial charge >= 0.3 is 0 Å². The van der Waals surface area contributed by atoms with Crippen LogP contribution in [0.4, 0.5) is 0 Å². The van der Waals surface area contributed by atoms with Gasteiger partial charge in [-0.2, -0.15) is 0 Å². The van der Waals surface area contributed by atoms with E-state index >= 15 is 0 Å². The SMILES string of the molecule is CCCCCCCCC(=O)N(CC(=O)N(Cc1ccco1)Cc1cccn1C)C(C)C. The van der Waals surface area contributed by atoms with Gasteiger partial charge in [-0.25, -0.2) is 0 Å².